The molecule has 0 unspecified atom stereocenters. The van der Waals surface area contributed by atoms with Gasteiger partial charge in [-0.2, -0.15) is 0 Å². The molecule has 12 heavy (non-hydrogen) atoms. The van der Waals surface area contributed by atoms with Crippen LogP contribution in [0.1, 0.15) is 17.5 Å². The Labute approximate surface area is 78.0 Å². The van der Waals surface area contributed by atoms with Gasteiger partial charge in [0.2, 0.25) is 0 Å². The zero-order valence-electron chi connectivity index (χ0n) is 7.08. The van der Waals surface area contributed by atoms with Crippen molar-refractivity contribution in [2.24, 2.45) is 0 Å². The lowest BCUT2D eigenvalue weighted by Crippen LogP contribution is -1.88. The summed E-state index contributed by atoms with van der Waals surface area (Å²) in [5.74, 6) is 0.332. The standard InChI is InChI=1S/C10H12OS/c1-8-7-10(11)5-4-9(8)3-2-6-12/h4-7,11H,2-3H2,1H3. The lowest BCUT2D eigenvalue weighted by Gasteiger charge is -2.03. The molecule has 1 N–H and O–H groups in total. The highest BCUT2D eigenvalue weighted by Crippen LogP contribution is 2.16. The summed E-state index contributed by atoms with van der Waals surface area (Å²) in [7, 11) is 0. The second kappa shape index (κ2) is 4.21. The molecular weight excluding hydrogens is 168 g/mol. The Kier molecular flexibility index (Phi) is 3.23. The van der Waals surface area contributed by atoms with Gasteiger partial charge in [0.1, 0.15) is 5.75 Å². The lowest BCUT2D eigenvalue weighted by atomic mass is 10.0. The molecule has 64 valence electrons. The number of aryl methyl sites for hydroxylation is 2. The molecule has 0 fully saturated rings. The van der Waals surface area contributed by atoms with Crippen molar-refractivity contribution in [3.8, 4) is 5.75 Å². The van der Waals surface area contributed by atoms with Gasteiger partial charge in [0, 0.05) is 0 Å². The minimum absolute atomic E-state index is 0.332. The van der Waals surface area contributed by atoms with Gasteiger partial charge in [0.15, 0.2) is 0 Å². The van der Waals surface area contributed by atoms with Crippen LogP contribution in [0.15, 0.2) is 18.2 Å². The number of phenols is 1. The second-order valence-electron chi connectivity index (χ2n) is 2.82. The number of hydrogen-bond donors (Lipinski definition) is 1. The average Bonchev–Trinajstić information content (AvgIpc) is 2.03. The van der Waals surface area contributed by atoms with Crippen LogP contribution in [0.2, 0.25) is 0 Å². The highest BCUT2D eigenvalue weighted by molar-refractivity contribution is 7.78. The van der Waals surface area contributed by atoms with Crippen LogP contribution in [0.4, 0.5) is 0 Å². The Morgan fingerprint density at radius 3 is 2.83 bits per heavy atom. The van der Waals surface area contributed by atoms with Crippen molar-refractivity contribution in [2.75, 3.05) is 0 Å². The first-order valence-corrected chi connectivity index (χ1v) is 4.43. The molecule has 1 aromatic carbocycles. The molecule has 0 spiro atoms. The van der Waals surface area contributed by atoms with Crippen molar-refractivity contribution in [3.05, 3.63) is 29.3 Å². The molecule has 0 amide bonds. The van der Waals surface area contributed by atoms with E-state index in [1.807, 2.05) is 13.0 Å². The molecule has 0 aliphatic carbocycles. The number of phenolic OH excluding ortho intramolecular Hbond substituents is 1. The summed E-state index contributed by atoms with van der Waals surface area (Å²) in [6, 6.07) is 5.44. The molecule has 0 saturated carbocycles. The fraction of sp³-hybridized carbons (Fsp3) is 0.300. The van der Waals surface area contributed by atoms with Gasteiger partial charge in [-0.25, -0.2) is 0 Å². The van der Waals surface area contributed by atoms with Crippen LogP contribution >= 0.6 is 12.2 Å². The molecule has 1 rings (SSSR count). The Morgan fingerprint density at radius 1 is 1.50 bits per heavy atom. The summed E-state index contributed by atoms with van der Waals surface area (Å²) in [6.45, 7) is 2.00. The van der Waals surface area contributed by atoms with E-state index >= 15 is 0 Å². The van der Waals surface area contributed by atoms with E-state index in [4.69, 9.17) is 17.3 Å². The molecule has 2 heteroatoms. The van der Waals surface area contributed by atoms with E-state index in [1.165, 1.54) is 5.56 Å². The third kappa shape index (κ3) is 2.31. The maximum absolute atomic E-state index is 9.13. The SMILES string of the molecule is Cc1cc(O)ccc1CCC=S. The predicted molar refractivity (Wildman–Crippen MR) is 54.8 cm³/mol. The summed E-state index contributed by atoms with van der Waals surface area (Å²) in [5.41, 5.74) is 2.39. The van der Waals surface area contributed by atoms with Crippen molar-refractivity contribution in [2.45, 2.75) is 19.8 Å². The zero-order valence-corrected chi connectivity index (χ0v) is 7.90. The minimum atomic E-state index is 0.332. The lowest BCUT2D eigenvalue weighted by molar-refractivity contribution is 0.474. The third-order valence-corrected chi connectivity index (χ3v) is 2.09. The minimum Gasteiger partial charge on any atom is -0.508 e. The Hall–Kier alpha value is -0.890. The van der Waals surface area contributed by atoms with Crippen molar-refractivity contribution in [1.82, 2.24) is 0 Å². The van der Waals surface area contributed by atoms with Crippen molar-refractivity contribution < 1.29 is 5.11 Å². The average molecular weight is 180 g/mol. The van der Waals surface area contributed by atoms with Gasteiger partial charge in [0.05, 0.1) is 0 Å². The molecule has 0 aliphatic rings. The molecule has 0 atom stereocenters. The van der Waals surface area contributed by atoms with Gasteiger partial charge >= 0.3 is 0 Å². The second-order valence-corrected chi connectivity index (χ2v) is 3.15. The largest absolute Gasteiger partial charge is 0.508 e. The zero-order chi connectivity index (χ0) is 8.97. The molecule has 0 aliphatic heterocycles. The summed E-state index contributed by atoms with van der Waals surface area (Å²) in [4.78, 5) is 0. The highest BCUT2D eigenvalue weighted by atomic mass is 32.1. The van der Waals surface area contributed by atoms with E-state index in [-0.39, 0.29) is 0 Å². The molecule has 1 nitrogen and oxygen atoms in total. The van der Waals surface area contributed by atoms with Crippen LogP contribution in [0.25, 0.3) is 0 Å². The molecule has 0 heterocycles. The number of thiocarbonyl (C=S) groups is 1. The van der Waals surface area contributed by atoms with Gasteiger partial charge in [0.25, 0.3) is 0 Å². The smallest absolute Gasteiger partial charge is 0.115 e. The summed E-state index contributed by atoms with van der Waals surface area (Å²) >= 11 is 4.75. The van der Waals surface area contributed by atoms with E-state index in [2.05, 4.69) is 0 Å². The first-order chi connectivity index (χ1) is 5.74. The van der Waals surface area contributed by atoms with Gasteiger partial charge in [-0.15, -0.1) is 0 Å². The highest BCUT2D eigenvalue weighted by Gasteiger charge is 1.97. The molecule has 0 saturated heterocycles. The van der Waals surface area contributed by atoms with Crippen molar-refractivity contribution in [3.63, 3.8) is 0 Å². The number of rotatable bonds is 3. The topological polar surface area (TPSA) is 20.2 Å². The van der Waals surface area contributed by atoms with E-state index < -0.39 is 0 Å². The monoisotopic (exact) mass is 180 g/mol. The predicted octanol–water partition coefficient (Wildman–Crippen LogP) is 2.63. The third-order valence-electron chi connectivity index (χ3n) is 1.86. The molecule has 0 radical (unpaired) electrons. The van der Waals surface area contributed by atoms with E-state index in [0.29, 0.717) is 5.75 Å². The quantitative estimate of drug-likeness (QED) is 0.722. The Balaban J connectivity index is 2.78. The summed E-state index contributed by atoms with van der Waals surface area (Å²) < 4.78 is 0. The van der Waals surface area contributed by atoms with E-state index in [0.717, 1.165) is 18.4 Å². The molecule has 0 aromatic heterocycles. The number of hydrogen-bond acceptors (Lipinski definition) is 2. The Bertz CT molecular complexity index is 281. The van der Waals surface area contributed by atoms with Crippen LogP contribution in [0.5, 0.6) is 5.75 Å². The summed E-state index contributed by atoms with van der Waals surface area (Å²) in [5, 5.41) is 10.9. The normalized spacial score (nSPS) is 9.75. The molecule has 1 aromatic rings. The first kappa shape index (κ1) is 9.20. The Morgan fingerprint density at radius 2 is 2.25 bits per heavy atom. The van der Waals surface area contributed by atoms with Crippen LogP contribution < -0.4 is 0 Å². The number of aromatic hydroxyl groups is 1. The maximum Gasteiger partial charge on any atom is 0.115 e. The molecular formula is C10H12OS. The van der Waals surface area contributed by atoms with Crippen LogP contribution in [-0.4, -0.2) is 10.5 Å². The first-order valence-electron chi connectivity index (χ1n) is 3.96. The molecule has 0 bridgehead atoms. The van der Waals surface area contributed by atoms with Crippen LogP contribution in [0.3, 0.4) is 0 Å². The van der Waals surface area contributed by atoms with Crippen LogP contribution in [-0.2, 0) is 6.42 Å². The van der Waals surface area contributed by atoms with Crippen molar-refractivity contribution in [1.29, 1.82) is 0 Å². The van der Waals surface area contributed by atoms with Gasteiger partial charge < -0.3 is 5.11 Å². The van der Waals surface area contributed by atoms with Crippen LogP contribution in [0, 0.1) is 6.92 Å². The maximum atomic E-state index is 9.13. The van der Waals surface area contributed by atoms with Gasteiger partial charge in [-0.3, -0.25) is 0 Å². The van der Waals surface area contributed by atoms with Gasteiger partial charge in [-0.05, 0) is 48.4 Å². The fourth-order valence-electron chi connectivity index (χ4n) is 1.17. The van der Waals surface area contributed by atoms with Gasteiger partial charge in [-0.1, -0.05) is 18.3 Å². The van der Waals surface area contributed by atoms with E-state index in [9.17, 15) is 0 Å². The number of benzene rings is 1. The fourth-order valence-corrected chi connectivity index (χ4v) is 1.29. The van der Waals surface area contributed by atoms with Crippen molar-refractivity contribution >= 4 is 17.6 Å². The van der Waals surface area contributed by atoms with E-state index in [1.54, 1.807) is 17.5 Å². The summed E-state index contributed by atoms with van der Waals surface area (Å²) in [6.07, 6.45) is 1.89.